The topological polar surface area (TPSA) is 50.1 Å². The Kier molecular flexibility index (Phi) is 4.65. The monoisotopic (exact) mass is 291 g/mol. The summed E-state index contributed by atoms with van der Waals surface area (Å²) in [5.74, 6) is 1.80. The van der Waals surface area contributed by atoms with E-state index in [9.17, 15) is 5.11 Å². The average Bonchev–Trinajstić information content (AvgIpc) is 2.65. The maximum atomic E-state index is 10.6. The summed E-state index contributed by atoms with van der Waals surface area (Å²) in [5.41, 5.74) is 2.60. The lowest BCUT2D eigenvalue weighted by Gasteiger charge is -2.27. The van der Waals surface area contributed by atoms with Crippen molar-refractivity contribution in [2.45, 2.75) is 77.5 Å². The summed E-state index contributed by atoms with van der Waals surface area (Å²) < 4.78 is 2.44. The van der Waals surface area contributed by atoms with Crippen molar-refractivity contribution in [3.63, 3.8) is 0 Å². The van der Waals surface area contributed by atoms with E-state index in [-0.39, 0.29) is 12.1 Å². The van der Waals surface area contributed by atoms with Crippen LogP contribution in [-0.4, -0.2) is 27.3 Å². The first-order valence-corrected chi connectivity index (χ1v) is 8.64. The van der Waals surface area contributed by atoms with Crippen LogP contribution in [0.15, 0.2) is 0 Å². The van der Waals surface area contributed by atoms with Crippen LogP contribution in [0.25, 0.3) is 0 Å². The number of hydrogen-bond acceptors (Lipinski definition) is 3. The fraction of sp³-hybridized carbons (Fsp3) is 0.824. The number of imidazole rings is 1. The maximum absolute atomic E-state index is 10.6. The van der Waals surface area contributed by atoms with Gasteiger partial charge in [0.25, 0.3) is 0 Å². The molecule has 0 aromatic carbocycles. The number of aliphatic hydroxyl groups is 1. The Labute approximate surface area is 128 Å². The van der Waals surface area contributed by atoms with Gasteiger partial charge in [-0.2, -0.15) is 0 Å². The van der Waals surface area contributed by atoms with Crippen molar-refractivity contribution in [2.75, 3.05) is 6.54 Å². The number of rotatable bonds is 3. The van der Waals surface area contributed by atoms with E-state index in [2.05, 4.69) is 23.7 Å². The van der Waals surface area contributed by atoms with Crippen LogP contribution in [0.3, 0.4) is 0 Å². The third-order valence-corrected chi connectivity index (χ3v) is 4.86. The molecule has 1 aliphatic carbocycles. The molecule has 2 N–H and O–H groups in total. The molecular formula is C17H29N3O. The molecule has 1 aromatic heterocycles. The van der Waals surface area contributed by atoms with Gasteiger partial charge in [0.2, 0.25) is 0 Å². The van der Waals surface area contributed by atoms with Gasteiger partial charge in [0.15, 0.2) is 0 Å². The van der Waals surface area contributed by atoms with Gasteiger partial charge in [-0.15, -0.1) is 0 Å². The molecule has 118 valence electrons. The first-order valence-electron chi connectivity index (χ1n) is 8.64. The second-order valence-electron chi connectivity index (χ2n) is 7.09. The third-order valence-electron chi connectivity index (χ3n) is 4.86. The molecular weight excluding hydrogens is 262 g/mol. The van der Waals surface area contributed by atoms with Crippen LogP contribution in [0, 0.1) is 5.92 Å². The van der Waals surface area contributed by atoms with Crippen LogP contribution in [-0.2, 0) is 19.4 Å². The van der Waals surface area contributed by atoms with E-state index in [1.54, 1.807) is 0 Å². The van der Waals surface area contributed by atoms with E-state index in [4.69, 9.17) is 4.98 Å². The molecule has 2 unspecified atom stereocenters. The zero-order chi connectivity index (χ0) is 14.8. The highest BCUT2D eigenvalue weighted by molar-refractivity contribution is 5.22. The zero-order valence-electron chi connectivity index (χ0n) is 13.4. The van der Waals surface area contributed by atoms with Crippen LogP contribution in [0.5, 0.6) is 0 Å². The second-order valence-corrected chi connectivity index (χ2v) is 7.09. The van der Waals surface area contributed by atoms with Crippen molar-refractivity contribution >= 4 is 0 Å². The van der Waals surface area contributed by atoms with Crippen LogP contribution in [0.4, 0.5) is 0 Å². The molecule has 1 saturated carbocycles. The van der Waals surface area contributed by atoms with Gasteiger partial charge in [0, 0.05) is 31.6 Å². The number of aromatic nitrogens is 2. The molecule has 1 aliphatic heterocycles. The van der Waals surface area contributed by atoms with Crippen molar-refractivity contribution < 1.29 is 5.11 Å². The number of hydrogen-bond donors (Lipinski definition) is 2. The van der Waals surface area contributed by atoms with Crippen molar-refractivity contribution in [1.82, 2.24) is 14.9 Å². The van der Waals surface area contributed by atoms with Crippen LogP contribution >= 0.6 is 0 Å². The highest BCUT2D eigenvalue weighted by Gasteiger charge is 2.30. The van der Waals surface area contributed by atoms with E-state index >= 15 is 0 Å². The molecule has 4 nitrogen and oxygen atoms in total. The van der Waals surface area contributed by atoms with E-state index in [1.165, 1.54) is 30.1 Å². The molecule has 0 radical (unpaired) electrons. The Morgan fingerprint density at radius 2 is 2.10 bits per heavy atom. The summed E-state index contributed by atoms with van der Waals surface area (Å²) in [5, 5.41) is 14.0. The fourth-order valence-electron chi connectivity index (χ4n) is 3.86. The van der Waals surface area contributed by atoms with Gasteiger partial charge in [-0.3, -0.25) is 0 Å². The fourth-order valence-corrected chi connectivity index (χ4v) is 3.86. The van der Waals surface area contributed by atoms with Gasteiger partial charge in [0.1, 0.15) is 5.82 Å². The van der Waals surface area contributed by atoms with Crippen LogP contribution in [0.2, 0.25) is 0 Å². The Morgan fingerprint density at radius 3 is 2.90 bits per heavy atom. The Morgan fingerprint density at radius 1 is 1.29 bits per heavy atom. The van der Waals surface area contributed by atoms with Crippen LogP contribution in [0.1, 0.15) is 69.2 Å². The number of nitrogens with one attached hydrogen (secondary N) is 1. The first kappa shape index (κ1) is 15.0. The van der Waals surface area contributed by atoms with Crippen molar-refractivity contribution in [2.24, 2.45) is 5.92 Å². The lowest BCUT2D eigenvalue weighted by Crippen LogP contribution is -2.30. The maximum Gasteiger partial charge on any atom is 0.109 e. The van der Waals surface area contributed by atoms with E-state index in [0.29, 0.717) is 5.92 Å². The van der Waals surface area contributed by atoms with Crippen molar-refractivity contribution in [3.8, 4) is 0 Å². The van der Waals surface area contributed by atoms with E-state index < -0.39 is 0 Å². The first-order chi connectivity index (χ1) is 10.2. The molecule has 0 spiro atoms. The van der Waals surface area contributed by atoms with Crippen molar-refractivity contribution in [1.29, 1.82) is 0 Å². The predicted molar refractivity (Wildman–Crippen MR) is 84.3 cm³/mol. The molecule has 1 fully saturated rings. The molecule has 0 amide bonds. The van der Waals surface area contributed by atoms with Gasteiger partial charge in [-0.1, -0.05) is 33.1 Å². The minimum atomic E-state index is -0.202. The standard InChI is InChI=1S/C17H29N3O/c1-12(2)10-17-19-13-11-18-9-8-14(13)20(17)15-6-4-3-5-7-16(15)21/h12,15-16,18,21H,3-11H2,1-2H3. The zero-order valence-corrected chi connectivity index (χ0v) is 13.4. The highest BCUT2D eigenvalue weighted by Crippen LogP contribution is 2.32. The molecule has 0 bridgehead atoms. The summed E-state index contributed by atoms with van der Waals surface area (Å²) in [6, 6.07) is 0.246. The molecule has 4 heteroatoms. The molecule has 3 rings (SSSR count). The van der Waals surface area contributed by atoms with E-state index in [0.717, 1.165) is 45.2 Å². The normalized spacial score (nSPS) is 26.7. The average molecular weight is 291 g/mol. The summed E-state index contributed by atoms with van der Waals surface area (Å²) in [6.45, 7) is 6.42. The third kappa shape index (κ3) is 3.16. The Hall–Kier alpha value is -0.870. The summed E-state index contributed by atoms with van der Waals surface area (Å²) in [7, 11) is 0. The highest BCUT2D eigenvalue weighted by atomic mass is 16.3. The lowest BCUT2D eigenvalue weighted by molar-refractivity contribution is 0.102. The minimum Gasteiger partial charge on any atom is -0.391 e. The van der Waals surface area contributed by atoms with Gasteiger partial charge in [-0.05, 0) is 18.8 Å². The molecule has 2 aliphatic rings. The molecule has 2 atom stereocenters. The summed E-state index contributed by atoms with van der Waals surface area (Å²) >= 11 is 0. The second kappa shape index (κ2) is 6.49. The molecule has 0 saturated heterocycles. The molecule has 1 aromatic rings. The summed E-state index contributed by atoms with van der Waals surface area (Å²) in [6.07, 6.45) is 7.54. The minimum absolute atomic E-state index is 0.202. The Bertz CT molecular complexity index is 481. The number of aliphatic hydroxyl groups excluding tert-OH is 1. The van der Waals surface area contributed by atoms with Crippen molar-refractivity contribution in [3.05, 3.63) is 17.2 Å². The predicted octanol–water partition coefficient (Wildman–Crippen LogP) is 2.59. The van der Waals surface area contributed by atoms with Gasteiger partial charge in [-0.25, -0.2) is 4.98 Å². The van der Waals surface area contributed by atoms with Crippen LogP contribution < -0.4 is 5.32 Å². The largest absolute Gasteiger partial charge is 0.391 e. The van der Waals surface area contributed by atoms with E-state index in [1.807, 2.05) is 0 Å². The summed E-state index contributed by atoms with van der Waals surface area (Å²) in [4.78, 5) is 4.92. The Balaban J connectivity index is 1.99. The molecule has 2 heterocycles. The quantitative estimate of drug-likeness (QED) is 0.842. The lowest BCUT2D eigenvalue weighted by atomic mass is 10.0. The number of nitrogens with zero attached hydrogens (tertiary/aromatic N) is 2. The van der Waals surface area contributed by atoms with Gasteiger partial charge >= 0.3 is 0 Å². The molecule has 21 heavy (non-hydrogen) atoms. The van der Waals surface area contributed by atoms with Gasteiger partial charge < -0.3 is 15.0 Å². The SMILES string of the molecule is CC(C)Cc1nc2c(n1C1CCCCCC1O)CCNC2. The number of fused-ring (bicyclic) bond motifs is 1. The smallest absolute Gasteiger partial charge is 0.109 e. The van der Waals surface area contributed by atoms with Gasteiger partial charge in [0.05, 0.1) is 17.8 Å².